The lowest BCUT2D eigenvalue weighted by Crippen LogP contribution is -2.55. The molecule has 3 rings (SSSR count). The molecule has 2 saturated heterocycles. The molecular weight excluding hydrogens is 368 g/mol. The first kappa shape index (κ1) is 23.2. The van der Waals surface area contributed by atoms with Crippen molar-refractivity contribution < 1.29 is 38.6 Å². The third kappa shape index (κ3) is 5.28. The van der Waals surface area contributed by atoms with Gasteiger partial charge >= 0.3 is 0 Å². The van der Waals surface area contributed by atoms with Gasteiger partial charge in [0.2, 0.25) is 0 Å². The van der Waals surface area contributed by atoms with Crippen LogP contribution in [0.1, 0.15) is 33.1 Å². The summed E-state index contributed by atoms with van der Waals surface area (Å²) < 4.78 is 34.9. The standard InChI is InChI=1S/C19H28O8.CH4/c1-19(2)26-14-10-23-18(12-7-5-4-6-8-12)25-16(14)17(24-11-22-3)15(27-19)13(21)9-20;/h4-8,13-18,20-21H,9-11H2,1-3H3;1H4/t13-,14+,15+,16+,17?,18?;/m0./s1. The number of methoxy groups -OCH3 is 1. The molecule has 2 aliphatic rings. The molecule has 0 aromatic heterocycles. The van der Waals surface area contributed by atoms with Crippen molar-refractivity contribution in [3.8, 4) is 0 Å². The highest BCUT2D eigenvalue weighted by molar-refractivity contribution is 5.16. The summed E-state index contributed by atoms with van der Waals surface area (Å²) in [7, 11) is 1.50. The molecule has 0 bridgehead atoms. The summed E-state index contributed by atoms with van der Waals surface area (Å²) in [5, 5.41) is 19.8. The lowest BCUT2D eigenvalue weighted by atomic mass is 9.98. The van der Waals surface area contributed by atoms with E-state index in [0.29, 0.717) is 0 Å². The van der Waals surface area contributed by atoms with Crippen molar-refractivity contribution >= 4 is 0 Å². The number of fused-ring (bicyclic) bond motifs is 1. The van der Waals surface area contributed by atoms with E-state index >= 15 is 0 Å². The SMILES string of the molecule is C.COCOC1[C@@H]([C@@H](O)CO)OC(C)(C)O[C@@H]2COC(c3ccccc3)O[C@@H]12. The molecule has 2 fully saturated rings. The highest BCUT2D eigenvalue weighted by Gasteiger charge is 2.51. The summed E-state index contributed by atoms with van der Waals surface area (Å²) in [5.74, 6) is -1.03. The molecule has 0 aliphatic carbocycles. The van der Waals surface area contributed by atoms with Crippen LogP contribution in [0.15, 0.2) is 30.3 Å². The van der Waals surface area contributed by atoms with Crippen LogP contribution in [0.3, 0.4) is 0 Å². The fourth-order valence-electron chi connectivity index (χ4n) is 3.43. The van der Waals surface area contributed by atoms with E-state index < -0.39 is 49.2 Å². The molecule has 0 amide bonds. The zero-order chi connectivity index (χ0) is 19.4. The van der Waals surface area contributed by atoms with Crippen LogP contribution in [0.4, 0.5) is 0 Å². The molecule has 1 aromatic rings. The molecular formula is C20H32O8. The van der Waals surface area contributed by atoms with E-state index in [2.05, 4.69) is 0 Å². The number of benzene rings is 1. The van der Waals surface area contributed by atoms with Gasteiger partial charge in [-0.25, -0.2) is 0 Å². The smallest absolute Gasteiger partial charge is 0.184 e. The zero-order valence-corrected chi connectivity index (χ0v) is 15.8. The van der Waals surface area contributed by atoms with E-state index in [9.17, 15) is 10.2 Å². The number of rotatable bonds is 6. The Morgan fingerprint density at radius 3 is 2.57 bits per heavy atom. The minimum Gasteiger partial charge on any atom is -0.394 e. The fraction of sp³-hybridized carbons (Fsp3) is 0.700. The minimum atomic E-state index is -1.17. The Morgan fingerprint density at radius 1 is 1.21 bits per heavy atom. The van der Waals surface area contributed by atoms with E-state index in [0.717, 1.165) is 5.56 Å². The van der Waals surface area contributed by atoms with Crippen LogP contribution < -0.4 is 0 Å². The first-order chi connectivity index (χ1) is 12.9. The van der Waals surface area contributed by atoms with Crippen molar-refractivity contribution in [3.05, 3.63) is 35.9 Å². The number of ether oxygens (including phenoxy) is 6. The molecule has 2 N–H and O–H groups in total. The Bertz CT molecular complexity index is 581. The maximum Gasteiger partial charge on any atom is 0.184 e. The van der Waals surface area contributed by atoms with E-state index in [1.54, 1.807) is 13.8 Å². The van der Waals surface area contributed by atoms with E-state index in [1.165, 1.54) is 7.11 Å². The van der Waals surface area contributed by atoms with Gasteiger partial charge < -0.3 is 38.6 Å². The molecule has 2 unspecified atom stereocenters. The number of aliphatic hydroxyl groups excluding tert-OH is 2. The molecule has 160 valence electrons. The fourth-order valence-corrected chi connectivity index (χ4v) is 3.43. The number of hydrogen-bond donors (Lipinski definition) is 2. The largest absolute Gasteiger partial charge is 0.394 e. The summed E-state index contributed by atoms with van der Waals surface area (Å²) in [5.41, 5.74) is 0.866. The Labute approximate surface area is 166 Å². The Hall–Kier alpha value is -1.10. The highest BCUT2D eigenvalue weighted by atomic mass is 16.8. The molecule has 0 saturated carbocycles. The molecule has 8 heteroatoms. The quantitative estimate of drug-likeness (QED) is 0.696. The van der Waals surface area contributed by atoms with Crippen molar-refractivity contribution in [2.24, 2.45) is 0 Å². The zero-order valence-electron chi connectivity index (χ0n) is 15.8. The van der Waals surface area contributed by atoms with Gasteiger partial charge in [-0.15, -0.1) is 0 Å². The predicted molar refractivity (Wildman–Crippen MR) is 100 cm³/mol. The maximum absolute atomic E-state index is 10.3. The van der Waals surface area contributed by atoms with Crippen LogP contribution in [0, 0.1) is 0 Å². The van der Waals surface area contributed by atoms with Crippen LogP contribution in [-0.4, -0.2) is 73.6 Å². The van der Waals surface area contributed by atoms with Crippen molar-refractivity contribution in [2.75, 3.05) is 27.1 Å². The molecule has 8 nitrogen and oxygen atoms in total. The van der Waals surface area contributed by atoms with Crippen molar-refractivity contribution in [1.82, 2.24) is 0 Å². The second kappa shape index (κ2) is 10.1. The second-order valence-corrected chi connectivity index (χ2v) is 7.10. The van der Waals surface area contributed by atoms with Crippen LogP contribution in [-0.2, 0) is 28.4 Å². The average Bonchev–Trinajstić information content (AvgIpc) is 2.78. The van der Waals surface area contributed by atoms with Gasteiger partial charge in [0.25, 0.3) is 0 Å². The van der Waals surface area contributed by atoms with Gasteiger partial charge in [-0.2, -0.15) is 0 Å². The van der Waals surface area contributed by atoms with Gasteiger partial charge in [0.1, 0.15) is 37.3 Å². The lowest BCUT2D eigenvalue weighted by Gasteiger charge is -2.40. The number of hydrogen-bond acceptors (Lipinski definition) is 8. The van der Waals surface area contributed by atoms with Crippen LogP contribution in [0.25, 0.3) is 0 Å². The summed E-state index contributed by atoms with van der Waals surface area (Å²) in [6.07, 6.45) is -4.43. The van der Waals surface area contributed by atoms with E-state index in [-0.39, 0.29) is 20.8 Å². The minimum absolute atomic E-state index is 0. The van der Waals surface area contributed by atoms with Crippen molar-refractivity contribution in [3.63, 3.8) is 0 Å². The first-order valence-electron chi connectivity index (χ1n) is 9.02. The van der Waals surface area contributed by atoms with Gasteiger partial charge in [0.05, 0.1) is 13.2 Å². The second-order valence-electron chi connectivity index (χ2n) is 7.10. The molecule has 6 atom stereocenters. The molecule has 2 aliphatic heterocycles. The Kier molecular flexibility index (Phi) is 8.35. The predicted octanol–water partition coefficient (Wildman–Crippen LogP) is 1.60. The third-order valence-electron chi connectivity index (χ3n) is 4.58. The normalized spacial score (nSPS) is 33.2. The van der Waals surface area contributed by atoms with Crippen molar-refractivity contribution in [1.29, 1.82) is 0 Å². The topological polar surface area (TPSA) is 95.8 Å². The van der Waals surface area contributed by atoms with Gasteiger partial charge in [-0.05, 0) is 13.8 Å². The van der Waals surface area contributed by atoms with Crippen molar-refractivity contribution in [2.45, 2.75) is 63.9 Å². The van der Waals surface area contributed by atoms with Crippen LogP contribution >= 0.6 is 0 Å². The van der Waals surface area contributed by atoms with E-state index in [4.69, 9.17) is 28.4 Å². The number of aliphatic hydroxyl groups is 2. The average molecular weight is 400 g/mol. The lowest BCUT2D eigenvalue weighted by molar-refractivity contribution is -0.307. The summed E-state index contributed by atoms with van der Waals surface area (Å²) >= 11 is 0. The molecule has 1 aromatic carbocycles. The highest BCUT2D eigenvalue weighted by Crippen LogP contribution is 2.37. The van der Waals surface area contributed by atoms with Crippen LogP contribution in [0.5, 0.6) is 0 Å². The maximum atomic E-state index is 10.3. The molecule has 0 radical (unpaired) electrons. The summed E-state index contributed by atoms with van der Waals surface area (Å²) in [6.45, 7) is 3.24. The monoisotopic (exact) mass is 400 g/mol. The van der Waals surface area contributed by atoms with Gasteiger partial charge in [-0.1, -0.05) is 37.8 Å². The molecule has 2 heterocycles. The third-order valence-corrected chi connectivity index (χ3v) is 4.58. The summed E-state index contributed by atoms with van der Waals surface area (Å²) in [4.78, 5) is 0. The first-order valence-corrected chi connectivity index (χ1v) is 9.02. The van der Waals surface area contributed by atoms with Gasteiger partial charge in [0.15, 0.2) is 12.1 Å². The van der Waals surface area contributed by atoms with E-state index in [1.807, 2.05) is 30.3 Å². The molecule has 28 heavy (non-hydrogen) atoms. The Balaban J connectivity index is 0.00000280. The van der Waals surface area contributed by atoms with Gasteiger partial charge in [0, 0.05) is 12.7 Å². The summed E-state index contributed by atoms with van der Waals surface area (Å²) in [6, 6.07) is 9.54. The van der Waals surface area contributed by atoms with Gasteiger partial charge in [-0.3, -0.25) is 0 Å². The molecule has 0 spiro atoms. The Morgan fingerprint density at radius 2 is 1.93 bits per heavy atom. The van der Waals surface area contributed by atoms with Crippen LogP contribution in [0.2, 0.25) is 0 Å².